The number of carbonyl (C=O) groups is 1. The average Bonchev–Trinajstić information content (AvgIpc) is 3.02. The zero-order valence-electron chi connectivity index (χ0n) is 10.5. The van der Waals surface area contributed by atoms with Crippen molar-refractivity contribution in [1.29, 1.82) is 0 Å². The fourth-order valence-corrected chi connectivity index (χ4v) is 3.65. The van der Waals surface area contributed by atoms with Crippen molar-refractivity contribution in [3.05, 3.63) is 51.5 Å². The lowest BCUT2D eigenvalue weighted by Gasteiger charge is -2.07. The molecule has 0 spiro atoms. The molecule has 0 aliphatic heterocycles. The number of aliphatic carboxylic acids is 1. The number of hydrogen-bond donors (Lipinski definition) is 1. The van der Waals surface area contributed by atoms with Gasteiger partial charge < -0.3 is 5.11 Å². The van der Waals surface area contributed by atoms with Crippen molar-refractivity contribution in [3.63, 3.8) is 0 Å². The van der Waals surface area contributed by atoms with Crippen molar-refractivity contribution in [1.82, 2.24) is 4.98 Å². The summed E-state index contributed by atoms with van der Waals surface area (Å²) in [5.41, 5.74) is 3.73. The molecule has 2 aromatic rings. The third-order valence-electron chi connectivity index (χ3n) is 3.60. The van der Waals surface area contributed by atoms with Gasteiger partial charge in [0.25, 0.3) is 0 Å². The number of benzene rings is 1. The van der Waals surface area contributed by atoms with E-state index in [1.165, 1.54) is 11.1 Å². The number of hydrogen-bond acceptors (Lipinski definition) is 3. The van der Waals surface area contributed by atoms with Crippen LogP contribution in [0.2, 0.25) is 0 Å². The molecule has 0 saturated carbocycles. The van der Waals surface area contributed by atoms with Gasteiger partial charge in [-0.2, -0.15) is 0 Å². The first-order chi connectivity index (χ1) is 9.24. The Hall–Kier alpha value is -1.68. The number of carboxylic acid groups (broad SMARTS) is 1. The van der Waals surface area contributed by atoms with Crippen LogP contribution in [-0.2, 0) is 17.6 Å². The van der Waals surface area contributed by atoms with Crippen molar-refractivity contribution >= 4 is 17.3 Å². The van der Waals surface area contributed by atoms with Gasteiger partial charge in [-0.05, 0) is 24.0 Å². The van der Waals surface area contributed by atoms with E-state index in [4.69, 9.17) is 5.11 Å². The van der Waals surface area contributed by atoms with Crippen LogP contribution < -0.4 is 0 Å². The zero-order chi connectivity index (χ0) is 13.2. The van der Waals surface area contributed by atoms with Crippen molar-refractivity contribution < 1.29 is 9.90 Å². The normalized spacial score (nSPS) is 17.4. The second-order valence-corrected chi connectivity index (χ2v) is 5.75. The van der Waals surface area contributed by atoms with Gasteiger partial charge in [-0.15, -0.1) is 11.3 Å². The fourth-order valence-electron chi connectivity index (χ4n) is 2.65. The molecule has 1 atom stereocenters. The molecule has 0 amide bonds. The lowest BCUT2D eigenvalue weighted by atomic mass is 10.0. The van der Waals surface area contributed by atoms with Crippen molar-refractivity contribution in [2.75, 3.05) is 0 Å². The first-order valence-electron chi connectivity index (χ1n) is 6.48. The van der Waals surface area contributed by atoms with Crippen LogP contribution in [0.3, 0.4) is 0 Å². The molecule has 1 aliphatic rings. The molecule has 1 aromatic carbocycles. The van der Waals surface area contributed by atoms with E-state index in [2.05, 4.69) is 29.2 Å². The Morgan fingerprint density at radius 1 is 1.42 bits per heavy atom. The predicted molar refractivity (Wildman–Crippen MR) is 74.7 cm³/mol. The lowest BCUT2D eigenvalue weighted by Crippen LogP contribution is -1.99. The Balaban J connectivity index is 1.79. The molecule has 1 heterocycles. The zero-order valence-corrected chi connectivity index (χ0v) is 11.3. The minimum absolute atomic E-state index is 0.157. The molecular weight excluding hydrogens is 258 g/mol. The van der Waals surface area contributed by atoms with E-state index in [0.717, 1.165) is 23.5 Å². The minimum atomic E-state index is -0.763. The van der Waals surface area contributed by atoms with Gasteiger partial charge in [0.1, 0.15) is 5.01 Å². The van der Waals surface area contributed by atoms with E-state index in [-0.39, 0.29) is 6.42 Å². The highest BCUT2D eigenvalue weighted by atomic mass is 32.1. The Morgan fingerprint density at radius 3 is 3.11 bits per heavy atom. The van der Waals surface area contributed by atoms with Gasteiger partial charge in [0.2, 0.25) is 0 Å². The third-order valence-corrected chi connectivity index (χ3v) is 4.60. The van der Waals surface area contributed by atoms with Crippen molar-refractivity contribution in [2.45, 2.75) is 31.6 Å². The Bertz CT molecular complexity index is 606. The fraction of sp³-hybridized carbons (Fsp3) is 0.333. The van der Waals surface area contributed by atoms with Gasteiger partial charge in [0, 0.05) is 17.7 Å². The van der Waals surface area contributed by atoms with E-state index in [1.807, 2.05) is 5.38 Å². The number of nitrogens with zero attached hydrogens (tertiary/aromatic N) is 1. The molecule has 3 rings (SSSR count). The topological polar surface area (TPSA) is 50.2 Å². The van der Waals surface area contributed by atoms with E-state index in [9.17, 15) is 4.79 Å². The minimum Gasteiger partial charge on any atom is -0.481 e. The van der Waals surface area contributed by atoms with E-state index in [0.29, 0.717) is 12.3 Å². The summed E-state index contributed by atoms with van der Waals surface area (Å²) in [5, 5.41) is 11.8. The summed E-state index contributed by atoms with van der Waals surface area (Å²) in [7, 11) is 0. The SMILES string of the molecule is O=C(O)CCc1csc(C2CCc3ccccc32)n1. The van der Waals surface area contributed by atoms with Crippen molar-refractivity contribution in [3.8, 4) is 0 Å². The maximum atomic E-state index is 10.6. The Morgan fingerprint density at radius 2 is 2.26 bits per heavy atom. The maximum absolute atomic E-state index is 10.6. The van der Waals surface area contributed by atoms with E-state index in [1.54, 1.807) is 11.3 Å². The highest BCUT2D eigenvalue weighted by Crippen LogP contribution is 2.39. The number of aromatic nitrogens is 1. The number of fused-ring (bicyclic) bond motifs is 1. The molecule has 1 aromatic heterocycles. The summed E-state index contributed by atoms with van der Waals surface area (Å²) in [6.45, 7) is 0. The van der Waals surface area contributed by atoms with Crippen LogP contribution in [0.5, 0.6) is 0 Å². The molecule has 1 unspecified atom stereocenters. The standard InChI is InChI=1S/C15H15NO2S/c17-14(18)8-6-11-9-19-15(16-11)13-7-5-10-3-1-2-4-12(10)13/h1-4,9,13H,5-8H2,(H,17,18). The van der Waals surface area contributed by atoms with Crippen LogP contribution in [0.1, 0.15) is 40.6 Å². The third kappa shape index (κ3) is 2.54. The first kappa shape index (κ1) is 12.4. The molecule has 0 fully saturated rings. The average molecular weight is 273 g/mol. The summed E-state index contributed by atoms with van der Waals surface area (Å²) in [6, 6.07) is 8.54. The summed E-state index contributed by atoms with van der Waals surface area (Å²) >= 11 is 1.66. The van der Waals surface area contributed by atoms with Gasteiger partial charge in [-0.25, -0.2) is 4.98 Å². The van der Waals surface area contributed by atoms with E-state index < -0.39 is 5.97 Å². The smallest absolute Gasteiger partial charge is 0.303 e. The first-order valence-corrected chi connectivity index (χ1v) is 7.36. The monoisotopic (exact) mass is 273 g/mol. The highest BCUT2D eigenvalue weighted by molar-refractivity contribution is 7.09. The van der Waals surface area contributed by atoms with Gasteiger partial charge in [0.15, 0.2) is 0 Å². The van der Waals surface area contributed by atoms with Crippen LogP contribution in [-0.4, -0.2) is 16.1 Å². The summed E-state index contributed by atoms with van der Waals surface area (Å²) < 4.78 is 0. The number of thiazole rings is 1. The summed E-state index contributed by atoms with van der Waals surface area (Å²) in [5.74, 6) is -0.361. The molecular formula is C15H15NO2S. The number of aryl methyl sites for hydroxylation is 2. The van der Waals surface area contributed by atoms with Crippen LogP contribution in [0.15, 0.2) is 29.6 Å². The molecule has 19 heavy (non-hydrogen) atoms. The molecule has 0 bridgehead atoms. The molecule has 98 valence electrons. The molecule has 0 saturated heterocycles. The quantitative estimate of drug-likeness (QED) is 0.930. The second kappa shape index (κ2) is 5.13. The molecule has 4 heteroatoms. The van der Waals surface area contributed by atoms with Gasteiger partial charge in [0.05, 0.1) is 12.1 Å². The van der Waals surface area contributed by atoms with Gasteiger partial charge in [-0.3, -0.25) is 4.79 Å². The Kier molecular flexibility index (Phi) is 3.34. The summed E-state index contributed by atoms with van der Waals surface area (Å²) in [4.78, 5) is 15.2. The van der Waals surface area contributed by atoms with Crippen LogP contribution >= 0.6 is 11.3 Å². The predicted octanol–water partition coefficient (Wildman–Crippen LogP) is 3.24. The van der Waals surface area contributed by atoms with Crippen LogP contribution in [0, 0.1) is 0 Å². The molecule has 1 aliphatic carbocycles. The van der Waals surface area contributed by atoms with Gasteiger partial charge in [-0.1, -0.05) is 24.3 Å². The Labute approximate surface area is 115 Å². The summed E-state index contributed by atoms with van der Waals surface area (Å²) in [6.07, 6.45) is 2.92. The molecule has 0 radical (unpaired) electrons. The lowest BCUT2D eigenvalue weighted by molar-refractivity contribution is -0.136. The van der Waals surface area contributed by atoms with Crippen molar-refractivity contribution in [2.24, 2.45) is 0 Å². The van der Waals surface area contributed by atoms with Crippen LogP contribution in [0.25, 0.3) is 0 Å². The van der Waals surface area contributed by atoms with Crippen LogP contribution in [0.4, 0.5) is 0 Å². The molecule has 3 nitrogen and oxygen atoms in total. The van der Waals surface area contributed by atoms with E-state index >= 15 is 0 Å². The van der Waals surface area contributed by atoms with Gasteiger partial charge >= 0.3 is 5.97 Å². The number of rotatable bonds is 4. The second-order valence-electron chi connectivity index (χ2n) is 4.86. The number of carboxylic acids is 1. The molecule has 1 N–H and O–H groups in total. The highest BCUT2D eigenvalue weighted by Gasteiger charge is 2.25. The maximum Gasteiger partial charge on any atom is 0.303 e. The largest absolute Gasteiger partial charge is 0.481 e.